The number of halogens is 1. The summed E-state index contributed by atoms with van der Waals surface area (Å²) >= 11 is 0. The van der Waals surface area contributed by atoms with Gasteiger partial charge in [0.05, 0.1) is 0 Å². The molecule has 0 saturated carbocycles. The molecule has 0 aliphatic rings. The molecule has 1 aromatic carbocycles. The van der Waals surface area contributed by atoms with Crippen LogP contribution in [0.25, 0.3) is 0 Å². The summed E-state index contributed by atoms with van der Waals surface area (Å²) in [4.78, 5) is 3.73. The van der Waals surface area contributed by atoms with Crippen LogP contribution in [0.1, 0.15) is 31.9 Å². The Morgan fingerprint density at radius 1 is 1.11 bits per heavy atom. The van der Waals surface area contributed by atoms with Crippen LogP contribution in [0.3, 0.4) is 0 Å². The number of benzene rings is 1. The number of aromatic nitrogens is 1. The highest BCUT2D eigenvalue weighted by Gasteiger charge is 2.19. The largest absolute Gasteiger partial charge is 0.439 e. The maximum Gasteiger partial charge on any atom is 0.221 e. The summed E-state index contributed by atoms with van der Waals surface area (Å²) in [5.74, 6) is 0.462. The number of hydrogen-bond donors (Lipinski definition) is 0. The van der Waals surface area contributed by atoms with Gasteiger partial charge in [-0.1, -0.05) is 39.0 Å². The molecular weight excluding hydrogens is 241 g/mol. The van der Waals surface area contributed by atoms with Crippen LogP contribution < -0.4 is 4.74 Å². The molecule has 0 atom stereocenters. The highest BCUT2D eigenvalue weighted by molar-refractivity contribution is 5.43. The van der Waals surface area contributed by atoms with Crippen LogP contribution in [0, 0.1) is 12.9 Å². The minimum atomic E-state index is -0.539. The van der Waals surface area contributed by atoms with E-state index in [-0.39, 0.29) is 11.3 Å². The average molecular weight is 259 g/mol. The van der Waals surface area contributed by atoms with Gasteiger partial charge in [0.1, 0.15) is 5.75 Å². The molecule has 100 valence electrons. The zero-order valence-corrected chi connectivity index (χ0v) is 11.7. The van der Waals surface area contributed by atoms with Crippen molar-refractivity contribution in [3.05, 3.63) is 53.5 Å². The van der Waals surface area contributed by atoms with E-state index >= 15 is 0 Å². The van der Waals surface area contributed by atoms with Crippen LogP contribution >= 0.6 is 0 Å². The van der Waals surface area contributed by atoms with Gasteiger partial charge in [-0.3, -0.25) is 0 Å². The van der Waals surface area contributed by atoms with E-state index in [0.717, 1.165) is 16.9 Å². The predicted molar refractivity (Wildman–Crippen MR) is 74.1 cm³/mol. The van der Waals surface area contributed by atoms with Crippen molar-refractivity contribution in [1.82, 2.24) is 4.98 Å². The summed E-state index contributed by atoms with van der Waals surface area (Å²) in [7, 11) is 0. The van der Waals surface area contributed by atoms with Gasteiger partial charge in [0.2, 0.25) is 11.8 Å². The number of pyridine rings is 1. The smallest absolute Gasteiger partial charge is 0.221 e. The second kappa shape index (κ2) is 5.00. The first-order valence-electron chi connectivity index (χ1n) is 6.28. The molecule has 1 aromatic heterocycles. The molecule has 0 radical (unpaired) electrons. The van der Waals surface area contributed by atoms with Crippen molar-refractivity contribution in [2.75, 3.05) is 0 Å². The maximum atomic E-state index is 13.1. The fraction of sp³-hybridized carbons (Fsp3) is 0.312. The van der Waals surface area contributed by atoms with E-state index in [0.29, 0.717) is 0 Å². The average Bonchev–Trinajstić information content (AvgIpc) is 2.27. The molecule has 19 heavy (non-hydrogen) atoms. The van der Waals surface area contributed by atoms with Gasteiger partial charge in [0.15, 0.2) is 0 Å². The molecule has 0 unspecified atom stereocenters. The number of rotatable bonds is 2. The molecule has 0 N–H and O–H groups in total. The Morgan fingerprint density at radius 2 is 1.84 bits per heavy atom. The molecule has 0 saturated heterocycles. The number of hydrogen-bond acceptors (Lipinski definition) is 2. The molecule has 0 bridgehead atoms. The summed E-state index contributed by atoms with van der Waals surface area (Å²) in [6, 6.07) is 10.6. The normalized spacial score (nSPS) is 11.4. The molecule has 0 aliphatic heterocycles. The van der Waals surface area contributed by atoms with Gasteiger partial charge in [0.25, 0.3) is 0 Å². The zero-order valence-electron chi connectivity index (χ0n) is 11.7. The zero-order chi connectivity index (χ0) is 14.0. The van der Waals surface area contributed by atoms with Crippen molar-refractivity contribution >= 4 is 0 Å². The lowest BCUT2D eigenvalue weighted by molar-refractivity contribution is 0.427. The van der Waals surface area contributed by atoms with Gasteiger partial charge in [-0.15, -0.1) is 0 Å². The van der Waals surface area contributed by atoms with Crippen LogP contribution in [0.4, 0.5) is 4.39 Å². The van der Waals surface area contributed by atoms with E-state index in [1.807, 2.05) is 25.1 Å². The van der Waals surface area contributed by atoms with E-state index in [9.17, 15) is 4.39 Å². The number of nitrogens with zero attached hydrogens (tertiary/aromatic N) is 1. The van der Waals surface area contributed by atoms with E-state index in [1.165, 1.54) is 6.07 Å². The van der Waals surface area contributed by atoms with Crippen molar-refractivity contribution in [2.45, 2.75) is 33.1 Å². The molecule has 1 heterocycles. The predicted octanol–water partition coefficient (Wildman–Crippen LogP) is 4.62. The third-order valence-electron chi connectivity index (χ3n) is 2.85. The first kappa shape index (κ1) is 13.5. The van der Waals surface area contributed by atoms with Crippen molar-refractivity contribution in [1.29, 1.82) is 0 Å². The molecule has 0 aliphatic carbocycles. The number of ether oxygens (including phenoxy) is 1. The summed E-state index contributed by atoms with van der Waals surface area (Å²) < 4.78 is 18.8. The van der Waals surface area contributed by atoms with Crippen molar-refractivity contribution in [3.63, 3.8) is 0 Å². The first-order chi connectivity index (χ1) is 8.86. The van der Waals surface area contributed by atoms with Gasteiger partial charge < -0.3 is 4.74 Å². The molecule has 3 heteroatoms. The Kier molecular flexibility index (Phi) is 3.56. The van der Waals surface area contributed by atoms with Gasteiger partial charge in [-0.25, -0.2) is 0 Å². The summed E-state index contributed by atoms with van der Waals surface area (Å²) in [5, 5.41) is 0. The standard InChI is InChI=1S/C16H18FNO/c1-11-8-9-12(16(2,3)4)13(10-11)19-15-7-5-6-14(17)18-15/h5-10H,1-4H3. The van der Waals surface area contributed by atoms with Gasteiger partial charge in [0, 0.05) is 11.6 Å². The third-order valence-corrected chi connectivity index (χ3v) is 2.85. The minimum absolute atomic E-state index is 0.0453. The first-order valence-corrected chi connectivity index (χ1v) is 6.28. The van der Waals surface area contributed by atoms with Crippen LogP contribution in [-0.4, -0.2) is 4.98 Å². The lowest BCUT2D eigenvalue weighted by Gasteiger charge is -2.22. The quantitative estimate of drug-likeness (QED) is 0.734. The molecular formula is C16H18FNO. The molecule has 2 nitrogen and oxygen atoms in total. The molecule has 2 aromatic rings. The van der Waals surface area contributed by atoms with Gasteiger partial charge >= 0.3 is 0 Å². The van der Waals surface area contributed by atoms with Crippen LogP contribution in [0.2, 0.25) is 0 Å². The SMILES string of the molecule is Cc1ccc(C(C)(C)C)c(Oc2cccc(F)n2)c1. The van der Waals surface area contributed by atoms with Crippen molar-refractivity contribution < 1.29 is 9.13 Å². The van der Waals surface area contributed by atoms with E-state index in [2.05, 4.69) is 25.8 Å². The highest BCUT2D eigenvalue weighted by atomic mass is 19.1. The number of aryl methyl sites for hydroxylation is 1. The topological polar surface area (TPSA) is 22.1 Å². The van der Waals surface area contributed by atoms with Crippen molar-refractivity contribution in [2.24, 2.45) is 0 Å². The van der Waals surface area contributed by atoms with Gasteiger partial charge in [-0.05, 0) is 30.0 Å². The van der Waals surface area contributed by atoms with E-state index in [4.69, 9.17) is 4.74 Å². The molecule has 0 spiro atoms. The Balaban J connectivity index is 2.41. The van der Waals surface area contributed by atoms with Crippen LogP contribution in [0.5, 0.6) is 11.6 Å². The second-order valence-electron chi connectivity index (χ2n) is 5.65. The van der Waals surface area contributed by atoms with E-state index < -0.39 is 5.95 Å². The maximum absolute atomic E-state index is 13.1. The fourth-order valence-electron chi connectivity index (χ4n) is 1.89. The summed E-state index contributed by atoms with van der Waals surface area (Å²) in [6.45, 7) is 8.34. The fourth-order valence-corrected chi connectivity index (χ4v) is 1.89. The summed E-state index contributed by atoms with van der Waals surface area (Å²) in [5.41, 5.74) is 2.12. The lowest BCUT2D eigenvalue weighted by atomic mass is 9.86. The monoisotopic (exact) mass is 259 g/mol. The Bertz CT molecular complexity index is 588. The van der Waals surface area contributed by atoms with Crippen LogP contribution in [-0.2, 0) is 5.41 Å². The lowest BCUT2D eigenvalue weighted by Crippen LogP contribution is -2.12. The van der Waals surface area contributed by atoms with Gasteiger partial charge in [-0.2, -0.15) is 9.37 Å². The minimum Gasteiger partial charge on any atom is -0.439 e. The van der Waals surface area contributed by atoms with E-state index in [1.54, 1.807) is 12.1 Å². The molecule has 0 amide bonds. The third kappa shape index (κ3) is 3.31. The second-order valence-corrected chi connectivity index (χ2v) is 5.65. The molecule has 0 fully saturated rings. The van der Waals surface area contributed by atoms with Crippen molar-refractivity contribution in [3.8, 4) is 11.6 Å². The Hall–Kier alpha value is -1.90. The molecule has 2 rings (SSSR count). The Morgan fingerprint density at radius 3 is 2.47 bits per heavy atom. The highest BCUT2D eigenvalue weighted by Crippen LogP contribution is 2.34. The Labute approximate surface area is 113 Å². The summed E-state index contributed by atoms with van der Waals surface area (Å²) in [6.07, 6.45) is 0. The van der Waals surface area contributed by atoms with Crippen LogP contribution in [0.15, 0.2) is 36.4 Å².